The Kier molecular flexibility index (Phi) is 3.09. The van der Waals surface area contributed by atoms with Crippen LogP contribution in [0.1, 0.15) is 59.8 Å². The van der Waals surface area contributed by atoms with E-state index in [1.807, 2.05) is 0 Å². The fraction of sp³-hybridized carbons (Fsp3) is 1.00. The number of nitrogens with one attached hydrogen (secondary N) is 1. The van der Waals surface area contributed by atoms with Crippen LogP contribution in [0.4, 0.5) is 0 Å². The van der Waals surface area contributed by atoms with Crippen molar-refractivity contribution in [2.45, 2.75) is 78.0 Å². The van der Waals surface area contributed by atoms with Crippen LogP contribution in [0.3, 0.4) is 0 Å². The van der Waals surface area contributed by atoms with Gasteiger partial charge in [0.1, 0.15) is 0 Å². The van der Waals surface area contributed by atoms with Gasteiger partial charge in [-0.15, -0.1) is 0 Å². The summed E-state index contributed by atoms with van der Waals surface area (Å²) in [5, 5.41) is 13.8. The Morgan fingerprint density at radius 2 is 1.50 bits per heavy atom. The second kappa shape index (κ2) is 3.99. The third-order valence-electron chi connectivity index (χ3n) is 5.38. The monoisotopic (exact) mass is 225 g/mol. The summed E-state index contributed by atoms with van der Waals surface area (Å²) in [7, 11) is 0. The first-order chi connectivity index (χ1) is 7.37. The standard InChI is InChI=1S/C14H27NO/c1-13(2)12(14(13,3)4)15-10-8-6-5-7-9-11(10)16/h10-12,15-16H,5-9H2,1-4H3. The lowest BCUT2D eigenvalue weighted by atomic mass is 10.0. The summed E-state index contributed by atoms with van der Waals surface area (Å²) in [6.45, 7) is 9.31. The molecule has 0 aliphatic heterocycles. The molecule has 16 heavy (non-hydrogen) atoms. The lowest BCUT2D eigenvalue weighted by molar-refractivity contribution is 0.116. The van der Waals surface area contributed by atoms with Crippen LogP contribution in [0.2, 0.25) is 0 Å². The molecule has 0 bridgehead atoms. The second-order valence-corrected chi connectivity index (χ2v) is 6.85. The Labute approximate surface area is 99.8 Å². The summed E-state index contributed by atoms with van der Waals surface area (Å²) in [5.41, 5.74) is 0.748. The molecule has 0 radical (unpaired) electrons. The molecular weight excluding hydrogens is 198 g/mol. The minimum atomic E-state index is -0.130. The summed E-state index contributed by atoms with van der Waals surface area (Å²) < 4.78 is 0. The van der Waals surface area contributed by atoms with Crippen molar-refractivity contribution in [3.63, 3.8) is 0 Å². The van der Waals surface area contributed by atoms with E-state index in [2.05, 4.69) is 33.0 Å². The van der Waals surface area contributed by atoms with Crippen molar-refractivity contribution in [3.05, 3.63) is 0 Å². The highest BCUT2D eigenvalue weighted by Gasteiger charge is 2.65. The normalized spacial score (nSPS) is 38.1. The van der Waals surface area contributed by atoms with E-state index >= 15 is 0 Å². The van der Waals surface area contributed by atoms with Crippen LogP contribution >= 0.6 is 0 Å². The smallest absolute Gasteiger partial charge is 0.0693 e. The Hall–Kier alpha value is -0.0800. The summed E-state index contributed by atoms with van der Waals surface area (Å²) in [4.78, 5) is 0. The maximum absolute atomic E-state index is 10.1. The van der Waals surface area contributed by atoms with Crippen LogP contribution in [-0.2, 0) is 0 Å². The number of hydrogen-bond acceptors (Lipinski definition) is 2. The van der Waals surface area contributed by atoms with Gasteiger partial charge in [-0.05, 0) is 23.7 Å². The van der Waals surface area contributed by atoms with Gasteiger partial charge in [-0.1, -0.05) is 47.0 Å². The number of aliphatic hydroxyl groups excluding tert-OH is 1. The van der Waals surface area contributed by atoms with E-state index in [1.165, 1.54) is 19.3 Å². The molecular formula is C14H27NO. The van der Waals surface area contributed by atoms with E-state index < -0.39 is 0 Å². The first-order valence-electron chi connectivity index (χ1n) is 6.81. The molecule has 2 nitrogen and oxygen atoms in total. The molecule has 0 aromatic carbocycles. The van der Waals surface area contributed by atoms with E-state index in [9.17, 15) is 5.11 Å². The predicted octanol–water partition coefficient (Wildman–Crippen LogP) is 2.70. The van der Waals surface area contributed by atoms with Gasteiger partial charge >= 0.3 is 0 Å². The maximum atomic E-state index is 10.1. The van der Waals surface area contributed by atoms with E-state index in [4.69, 9.17) is 0 Å². The Bertz CT molecular complexity index is 245. The van der Waals surface area contributed by atoms with Crippen LogP contribution in [0, 0.1) is 10.8 Å². The maximum Gasteiger partial charge on any atom is 0.0693 e. The summed E-state index contributed by atoms with van der Waals surface area (Å²) in [5.74, 6) is 0. The molecule has 2 aliphatic rings. The van der Waals surface area contributed by atoms with Crippen molar-refractivity contribution in [2.75, 3.05) is 0 Å². The van der Waals surface area contributed by atoms with Crippen molar-refractivity contribution >= 4 is 0 Å². The van der Waals surface area contributed by atoms with Gasteiger partial charge < -0.3 is 10.4 Å². The van der Waals surface area contributed by atoms with Crippen LogP contribution < -0.4 is 5.32 Å². The molecule has 2 saturated carbocycles. The van der Waals surface area contributed by atoms with E-state index in [-0.39, 0.29) is 6.10 Å². The highest BCUT2D eigenvalue weighted by molar-refractivity contribution is 5.18. The molecule has 0 aromatic heterocycles. The molecule has 2 N–H and O–H groups in total. The molecule has 2 atom stereocenters. The van der Waals surface area contributed by atoms with Crippen LogP contribution in [0.5, 0.6) is 0 Å². The van der Waals surface area contributed by atoms with Gasteiger partial charge in [0.25, 0.3) is 0 Å². The number of rotatable bonds is 2. The van der Waals surface area contributed by atoms with Crippen molar-refractivity contribution in [3.8, 4) is 0 Å². The molecule has 0 aromatic rings. The van der Waals surface area contributed by atoms with Gasteiger partial charge in [-0.2, -0.15) is 0 Å². The minimum absolute atomic E-state index is 0.130. The van der Waals surface area contributed by atoms with Gasteiger partial charge in [-0.3, -0.25) is 0 Å². The quantitative estimate of drug-likeness (QED) is 0.708. The molecule has 0 heterocycles. The van der Waals surface area contributed by atoms with Gasteiger partial charge in [0.15, 0.2) is 0 Å². The molecule has 2 heteroatoms. The van der Waals surface area contributed by atoms with Gasteiger partial charge in [-0.25, -0.2) is 0 Å². The van der Waals surface area contributed by atoms with Crippen molar-refractivity contribution in [2.24, 2.45) is 10.8 Å². The zero-order valence-corrected chi connectivity index (χ0v) is 11.2. The van der Waals surface area contributed by atoms with E-state index in [0.717, 1.165) is 12.8 Å². The lowest BCUT2D eigenvalue weighted by Crippen LogP contribution is -2.42. The zero-order valence-electron chi connectivity index (χ0n) is 11.2. The summed E-state index contributed by atoms with van der Waals surface area (Å²) in [6.07, 6.45) is 5.73. The zero-order chi connectivity index (χ0) is 12.0. The van der Waals surface area contributed by atoms with Crippen molar-refractivity contribution < 1.29 is 5.11 Å². The van der Waals surface area contributed by atoms with Gasteiger partial charge in [0.05, 0.1) is 6.10 Å². The van der Waals surface area contributed by atoms with Crippen LogP contribution in [-0.4, -0.2) is 23.3 Å². The van der Waals surface area contributed by atoms with E-state index in [1.54, 1.807) is 0 Å². The van der Waals surface area contributed by atoms with Crippen LogP contribution in [0.15, 0.2) is 0 Å². The summed E-state index contributed by atoms with van der Waals surface area (Å²) in [6, 6.07) is 0.895. The first kappa shape index (κ1) is 12.4. The molecule has 0 spiro atoms. The van der Waals surface area contributed by atoms with Gasteiger partial charge in [0, 0.05) is 12.1 Å². The largest absolute Gasteiger partial charge is 0.392 e. The summed E-state index contributed by atoms with van der Waals surface area (Å²) >= 11 is 0. The molecule has 0 amide bonds. The Balaban J connectivity index is 1.95. The molecule has 2 rings (SSSR count). The SMILES string of the molecule is CC1(C)C(NC2CCCCCC2O)C1(C)C. The Morgan fingerprint density at radius 1 is 0.938 bits per heavy atom. The van der Waals surface area contributed by atoms with Crippen LogP contribution in [0.25, 0.3) is 0 Å². The average Bonchev–Trinajstić information content (AvgIpc) is 2.67. The molecule has 94 valence electrons. The highest BCUT2D eigenvalue weighted by Crippen LogP contribution is 2.62. The highest BCUT2D eigenvalue weighted by atomic mass is 16.3. The Morgan fingerprint density at radius 3 is 2.06 bits per heavy atom. The third kappa shape index (κ3) is 1.91. The fourth-order valence-corrected chi connectivity index (χ4v) is 3.31. The predicted molar refractivity (Wildman–Crippen MR) is 67.4 cm³/mol. The molecule has 2 unspecified atom stereocenters. The average molecular weight is 225 g/mol. The third-order valence-corrected chi connectivity index (χ3v) is 5.38. The number of hydrogen-bond donors (Lipinski definition) is 2. The molecule has 2 fully saturated rings. The fourth-order valence-electron chi connectivity index (χ4n) is 3.31. The first-order valence-corrected chi connectivity index (χ1v) is 6.81. The van der Waals surface area contributed by atoms with E-state index in [0.29, 0.717) is 22.9 Å². The molecule has 0 saturated heterocycles. The lowest BCUT2D eigenvalue weighted by Gasteiger charge is -2.23. The second-order valence-electron chi connectivity index (χ2n) is 6.85. The number of aliphatic hydroxyl groups is 1. The molecule has 2 aliphatic carbocycles. The van der Waals surface area contributed by atoms with Crippen molar-refractivity contribution in [1.29, 1.82) is 0 Å². The van der Waals surface area contributed by atoms with Gasteiger partial charge in [0.2, 0.25) is 0 Å². The van der Waals surface area contributed by atoms with Crippen molar-refractivity contribution in [1.82, 2.24) is 5.32 Å². The minimum Gasteiger partial charge on any atom is -0.392 e. The topological polar surface area (TPSA) is 32.3 Å².